The van der Waals surface area contributed by atoms with E-state index in [1.165, 1.54) is 18.2 Å². The van der Waals surface area contributed by atoms with Crippen molar-refractivity contribution < 1.29 is 12.8 Å². The van der Waals surface area contributed by atoms with E-state index in [9.17, 15) is 12.8 Å². The largest absolute Gasteiger partial charge is 0.304 e. The smallest absolute Gasteiger partial charge is 0.178 e. The minimum Gasteiger partial charge on any atom is -0.304 e. The second-order valence-corrected chi connectivity index (χ2v) is 6.61. The van der Waals surface area contributed by atoms with Gasteiger partial charge >= 0.3 is 0 Å². The summed E-state index contributed by atoms with van der Waals surface area (Å²) in [5.41, 5.74) is 0.523. The van der Waals surface area contributed by atoms with E-state index in [1.807, 2.05) is 6.92 Å². The van der Waals surface area contributed by atoms with Gasteiger partial charge in [-0.05, 0) is 37.1 Å². The Hall–Kier alpha value is -1.20. The van der Waals surface area contributed by atoms with E-state index in [2.05, 4.69) is 11.9 Å². The number of hydrogen-bond donors (Lipinski definition) is 1. The molecule has 1 heterocycles. The van der Waals surface area contributed by atoms with Crippen LogP contribution in [-0.2, 0) is 9.84 Å². The molecule has 0 spiro atoms. The van der Waals surface area contributed by atoms with Crippen LogP contribution in [0.5, 0.6) is 0 Å². The van der Waals surface area contributed by atoms with Gasteiger partial charge in [-0.2, -0.15) is 0 Å². The molecule has 0 aromatic heterocycles. The molecule has 1 aliphatic heterocycles. The summed E-state index contributed by atoms with van der Waals surface area (Å²) in [6.45, 7) is 5.60. The van der Waals surface area contributed by atoms with E-state index in [4.69, 9.17) is 0 Å². The lowest BCUT2D eigenvalue weighted by Crippen LogP contribution is -2.34. The molecular formula is C13H16FNO2S. The molecule has 1 aliphatic rings. The van der Waals surface area contributed by atoms with E-state index >= 15 is 0 Å². The van der Waals surface area contributed by atoms with Crippen LogP contribution in [0.3, 0.4) is 0 Å². The molecule has 2 rings (SSSR count). The van der Waals surface area contributed by atoms with Gasteiger partial charge < -0.3 is 5.32 Å². The first-order chi connectivity index (χ1) is 8.44. The lowest BCUT2D eigenvalue weighted by molar-refractivity contribution is 0.466. The van der Waals surface area contributed by atoms with Gasteiger partial charge in [-0.3, -0.25) is 0 Å². The molecule has 0 bridgehead atoms. The van der Waals surface area contributed by atoms with Crippen molar-refractivity contribution in [1.82, 2.24) is 5.32 Å². The van der Waals surface area contributed by atoms with Crippen LogP contribution in [0.1, 0.15) is 24.9 Å². The van der Waals surface area contributed by atoms with Crippen molar-refractivity contribution in [1.29, 1.82) is 0 Å². The zero-order valence-corrected chi connectivity index (χ0v) is 11.0. The number of rotatable bonds is 3. The van der Waals surface area contributed by atoms with Crippen LogP contribution >= 0.6 is 0 Å². The molecule has 0 saturated carbocycles. The van der Waals surface area contributed by atoms with Gasteiger partial charge in [-0.25, -0.2) is 12.8 Å². The molecule has 0 saturated heterocycles. The third-order valence-electron chi connectivity index (χ3n) is 3.18. The zero-order valence-electron chi connectivity index (χ0n) is 10.2. The van der Waals surface area contributed by atoms with Gasteiger partial charge in [0.05, 0.1) is 10.6 Å². The zero-order chi connectivity index (χ0) is 13.3. The summed E-state index contributed by atoms with van der Waals surface area (Å²) in [5, 5.41) is 3.24. The Kier molecular flexibility index (Phi) is 3.54. The topological polar surface area (TPSA) is 46.2 Å². The van der Waals surface area contributed by atoms with Gasteiger partial charge in [0, 0.05) is 12.1 Å². The molecule has 18 heavy (non-hydrogen) atoms. The first kappa shape index (κ1) is 13.2. The van der Waals surface area contributed by atoms with E-state index in [0.717, 1.165) is 0 Å². The molecule has 5 heteroatoms. The van der Waals surface area contributed by atoms with Crippen LogP contribution < -0.4 is 5.32 Å². The highest BCUT2D eigenvalue weighted by Crippen LogP contribution is 2.32. The SMILES string of the molecule is C=CC(C)NC1CCS(=O)(=O)c2ccc(F)cc21. The molecule has 98 valence electrons. The van der Waals surface area contributed by atoms with Crippen LogP contribution in [0, 0.1) is 5.82 Å². The summed E-state index contributed by atoms with van der Waals surface area (Å²) in [6, 6.07) is 3.75. The molecule has 1 N–H and O–H groups in total. The van der Waals surface area contributed by atoms with Crippen molar-refractivity contribution in [3.63, 3.8) is 0 Å². The van der Waals surface area contributed by atoms with Crippen molar-refractivity contribution in [3.8, 4) is 0 Å². The highest BCUT2D eigenvalue weighted by atomic mass is 32.2. The summed E-state index contributed by atoms with van der Waals surface area (Å²) < 4.78 is 37.1. The minimum atomic E-state index is -3.27. The normalized spacial score (nSPS) is 23.1. The lowest BCUT2D eigenvalue weighted by atomic mass is 10.0. The number of fused-ring (bicyclic) bond motifs is 1. The Balaban J connectivity index is 2.44. The van der Waals surface area contributed by atoms with Gasteiger partial charge in [-0.15, -0.1) is 6.58 Å². The van der Waals surface area contributed by atoms with Crippen LogP contribution in [0.25, 0.3) is 0 Å². The lowest BCUT2D eigenvalue weighted by Gasteiger charge is -2.28. The van der Waals surface area contributed by atoms with Gasteiger partial charge in [0.1, 0.15) is 5.82 Å². The van der Waals surface area contributed by atoms with E-state index in [0.29, 0.717) is 12.0 Å². The molecule has 0 radical (unpaired) electrons. The van der Waals surface area contributed by atoms with Crippen molar-refractivity contribution in [2.75, 3.05) is 5.75 Å². The molecule has 0 aliphatic carbocycles. The molecule has 3 nitrogen and oxygen atoms in total. The fourth-order valence-corrected chi connectivity index (χ4v) is 3.77. The average Bonchev–Trinajstić information content (AvgIpc) is 2.32. The fourth-order valence-electron chi connectivity index (χ4n) is 2.17. The fraction of sp³-hybridized carbons (Fsp3) is 0.385. The van der Waals surface area contributed by atoms with Crippen molar-refractivity contribution in [2.45, 2.75) is 30.3 Å². The second-order valence-electron chi connectivity index (χ2n) is 4.53. The van der Waals surface area contributed by atoms with Gasteiger partial charge in [-0.1, -0.05) is 6.08 Å². The third kappa shape index (κ3) is 2.47. The Morgan fingerprint density at radius 1 is 1.56 bits per heavy atom. The molecule has 0 fully saturated rings. The number of nitrogens with one attached hydrogen (secondary N) is 1. The van der Waals surface area contributed by atoms with Crippen molar-refractivity contribution in [2.24, 2.45) is 0 Å². The Morgan fingerprint density at radius 2 is 2.28 bits per heavy atom. The standard InChI is InChI=1S/C13H16FNO2S/c1-3-9(2)15-12-6-7-18(16,17)13-5-4-10(14)8-11(12)13/h3-5,8-9,12,15H,1,6-7H2,2H3. The number of benzene rings is 1. The second kappa shape index (κ2) is 4.82. The summed E-state index contributed by atoms with van der Waals surface area (Å²) in [4.78, 5) is 0.240. The summed E-state index contributed by atoms with van der Waals surface area (Å²) in [6.07, 6.45) is 2.19. The number of hydrogen-bond acceptors (Lipinski definition) is 3. The predicted molar refractivity (Wildman–Crippen MR) is 68.6 cm³/mol. The van der Waals surface area contributed by atoms with Gasteiger partial charge in [0.25, 0.3) is 0 Å². The Labute approximate surface area is 107 Å². The monoisotopic (exact) mass is 269 g/mol. The van der Waals surface area contributed by atoms with Crippen LogP contribution in [0.2, 0.25) is 0 Å². The van der Waals surface area contributed by atoms with E-state index in [1.54, 1.807) is 6.08 Å². The van der Waals surface area contributed by atoms with E-state index < -0.39 is 15.7 Å². The Bertz CT molecular complexity index is 568. The first-order valence-electron chi connectivity index (χ1n) is 5.85. The number of sulfone groups is 1. The van der Waals surface area contributed by atoms with Gasteiger partial charge in [0.15, 0.2) is 9.84 Å². The molecular weight excluding hydrogens is 253 g/mol. The number of halogens is 1. The predicted octanol–water partition coefficient (Wildman–Crippen LogP) is 2.21. The first-order valence-corrected chi connectivity index (χ1v) is 7.50. The maximum absolute atomic E-state index is 13.3. The highest BCUT2D eigenvalue weighted by Gasteiger charge is 2.30. The molecule has 1 aromatic rings. The van der Waals surface area contributed by atoms with Crippen molar-refractivity contribution >= 4 is 9.84 Å². The van der Waals surface area contributed by atoms with Crippen LogP contribution in [0.15, 0.2) is 35.7 Å². The minimum absolute atomic E-state index is 0.0481. The maximum Gasteiger partial charge on any atom is 0.178 e. The molecule has 1 aromatic carbocycles. The van der Waals surface area contributed by atoms with Crippen molar-refractivity contribution in [3.05, 3.63) is 42.2 Å². The quantitative estimate of drug-likeness (QED) is 0.676. The van der Waals surface area contributed by atoms with E-state index in [-0.39, 0.29) is 22.7 Å². The highest BCUT2D eigenvalue weighted by molar-refractivity contribution is 7.91. The maximum atomic E-state index is 13.3. The van der Waals surface area contributed by atoms with Crippen LogP contribution in [0.4, 0.5) is 4.39 Å². The van der Waals surface area contributed by atoms with Crippen LogP contribution in [-0.4, -0.2) is 20.2 Å². The summed E-state index contributed by atoms with van der Waals surface area (Å²) in [7, 11) is -3.27. The summed E-state index contributed by atoms with van der Waals surface area (Å²) in [5.74, 6) is -0.323. The Morgan fingerprint density at radius 3 is 2.94 bits per heavy atom. The van der Waals surface area contributed by atoms with Gasteiger partial charge in [0.2, 0.25) is 0 Å². The average molecular weight is 269 g/mol. The molecule has 0 amide bonds. The molecule has 2 atom stereocenters. The third-order valence-corrected chi connectivity index (χ3v) is 4.99. The summed E-state index contributed by atoms with van der Waals surface area (Å²) >= 11 is 0. The molecule has 2 unspecified atom stereocenters.